The van der Waals surface area contributed by atoms with E-state index in [1.54, 1.807) is 67.8 Å². The molecule has 1 aliphatic heterocycles. The third-order valence-electron chi connectivity index (χ3n) is 8.48. The normalized spacial score (nSPS) is 19.8. The van der Waals surface area contributed by atoms with Gasteiger partial charge in [0.2, 0.25) is 5.91 Å². The van der Waals surface area contributed by atoms with E-state index in [1.807, 2.05) is 12.1 Å². The van der Waals surface area contributed by atoms with E-state index in [0.717, 1.165) is 11.1 Å². The number of aliphatic hydroxyl groups is 2. The highest BCUT2D eigenvalue weighted by atomic mass is 16.5. The Hall–Kier alpha value is -5.13. The molecule has 1 aromatic heterocycles. The number of methoxy groups -OCH3 is 2. The van der Waals surface area contributed by atoms with Crippen LogP contribution < -0.4 is 25.2 Å². The van der Waals surface area contributed by atoms with Crippen LogP contribution in [0, 0.1) is 0 Å². The summed E-state index contributed by atoms with van der Waals surface area (Å²) in [4.78, 5) is 42.5. The van der Waals surface area contributed by atoms with E-state index in [1.165, 1.54) is 18.1 Å². The molecule has 2 amide bonds. The maximum Gasteiger partial charge on any atom is 0.349 e. The van der Waals surface area contributed by atoms with Crippen LogP contribution in [0.4, 0.5) is 0 Å². The molecular weight excluding hydrogens is 592 g/mol. The number of aliphatic hydroxyl groups excluding tert-OH is 2. The van der Waals surface area contributed by atoms with Crippen molar-refractivity contribution in [2.24, 2.45) is 0 Å². The van der Waals surface area contributed by atoms with Crippen LogP contribution in [0.25, 0.3) is 11.0 Å². The first-order valence-electron chi connectivity index (χ1n) is 14.9. The largest absolute Gasteiger partial charge is 0.497 e. The van der Waals surface area contributed by atoms with E-state index in [-0.39, 0.29) is 37.3 Å². The number of rotatable bonds is 10. The van der Waals surface area contributed by atoms with Crippen LogP contribution >= 0.6 is 0 Å². The molecule has 11 nitrogen and oxygen atoms in total. The van der Waals surface area contributed by atoms with Gasteiger partial charge in [0.1, 0.15) is 40.6 Å². The predicted octanol–water partition coefficient (Wildman–Crippen LogP) is 2.82. The van der Waals surface area contributed by atoms with Crippen molar-refractivity contribution >= 4 is 22.8 Å². The third-order valence-corrected chi connectivity index (χ3v) is 8.48. The second-order valence-corrected chi connectivity index (χ2v) is 11.1. The number of carbonyl (C=O) groups is 2. The smallest absolute Gasteiger partial charge is 0.349 e. The Bertz CT molecular complexity index is 1870. The lowest BCUT2D eigenvalue weighted by Crippen LogP contribution is -2.56. The molecule has 0 bridgehead atoms. The summed E-state index contributed by atoms with van der Waals surface area (Å²) < 4.78 is 22.7. The van der Waals surface area contributed by atoms with Crippen LogP contribution in [-0.2, 0) is 11.2 Å². The Morgan fingerprint density at radius 2 is 1.78 bits per heavy atom. The van der Waals surface area contributed by atoms with Gasteiger partial charge in [0.25, 0.3) is 5.91 Å². The fourth-order valence-electron chi connectivity index (χ4n) is 6.26. The van der Waals surface area contributed by atoms with E-state index in [0.29, 0.717) is 28.2 Å². The molecular formula is C35H34N2O9. The summed E-state index contributed by atoms with van der Waals surface area (Å²) in [5.41, 5.74) is 1.01. The molecule has 1 aliphatic carbocycles. The molecule has 46 heavy (non-hydrogen) atoms. The van der Waals surface area contributed by atoms with Crippen molar-refractivity contribution in [2.45, 2.75) is 30.6 Å². The first-order chi connectivity index (χ1) is 22.3. The molecule has 0 fully saturated rings. The Kier molecular flexibility index (Phi) is 8.78. The van der Waals surface area contributed by atoms with Crippen molar-refractivity contribution in [3.63, 3.8) is 0 Å². The molecule has 4 atom stereocenters. The summed E-state index contributed by atoms with van der Waals surface area (Å²) in [5.74, 6) is -0.102. The monoisotopic (exact) mass is 626 g/mol. The van der Waals surface area contributed by atoms with Gasteiger partial charge in [0.05, 0.1) is 32.8 Å². The highest BCUT2D eigenvalue weighted by Gasteiger charge is 2.50. The zero-order valence-electron chi connectivity index (χ0n) is 25.3. The van der Waals surface area contributed by atoms with Gasteiger partial charge in [0, 0.05) is 29.6 Å². The quantitative estimate of drug-likeness (QED) is 0.226. The molecule has 3 aromatic carbocycles. The maximum atomic E-state index is 14.4. The van der Waals surface area contributed by atoms with Gasteiger partial charge in [-0.3, -0.25) is 9.59 Å². The summed E-state index contributed by atoms with van der Waals surface area (Å²) in [6.07, 6.45) is -0.371. The van der Waals surface area contributed by atoms with Gasteiger partial charge >= 0.3 is 5.63 Å². The molecule has 238 valence electrons. The van der Waals surface area contributed by atoms with Crippen LogP contribution in [0.5, 0.6) is 17.2 Å². The molecule has 11 heteroatoms. The van der Waals surface area contributed by atoms with Crippen molar-refractivity contribution in [3.05, 3.63) is 112 Å². The Morgan fingerprint density at radius 3 is 2.57 bits per heavy atom. The van der Waals surface area contributed by atoms with Crippen molar-refractivity contribution in [2.75, 3.05) is 33.9 Å². The Morgan fingerprint density at radius 1 is 1.00 bits per heavy atom. The summed E-state index contributed by atoms with van der Waals surface area (Å²) in [6, 6.07) is 19.8. The van der Waals surface area contributed by atoms with Gasteiger partial charge in [-0.2, -0.15) is 0 Å². The van der Waals surface area contributed by atoms with Gasteiger partial charge in [0.15, 0.2) is 0 Å². The molecule has 3 N–H and O–H groups in total. The number of hydrogen-bond acceptors (Lipinski definition) is 9. The minimum absolute atomic E-state index is 0.0136. The van der Waals surface area contributed by atoms with E-state index in [2.05, 4.69) is 5.32 Å². The molecule has 0 saturated heterocycles. The number of fused-ring (bicyclic) bond motifs is 4. The van der Waals surface area contributed by atoms with Crippen molar-refractivity contribution in [1.29, 1.82) is 0 Å². The SMILES string of the molecule is COc1ccc(OC)c(CCN(C(=O)c2cc3ccccc3oc2=O)[C@@H]2C=C(C(=O)NCCO)[C@@H]3c4ccccc4O[C@@H]3[C@H]2O)c1. The number of carbonyl (C=O) groups excluding carboxylic acids is 2. The first-order valence-corrected chi connectivity index (χ1v) is 14.9. The van der Waals surface area contributed by atoms with Crippen LogP contribution in [0.15, 0.2) is 93.7 Å². The van der Waals surface area contributed by atoms with E-state index < -0.39 is 41.6 Å². The fourth-order valence-corrected chi connectivity index (χ4v) is 6.26. The van der Waals surface area contributed by atoms with Crippen LogP contribution in [0.2, 0.25) is 0 Å². The van der Waals surface area contributed by atoms with Crippen molar-refractivity contribution < 1.29 is 38.4 Å². The highest BCUT2D eigenvalue weighted by Crippen LogP contribution is 2.47. The number of benzene rings is 3. The number of hydrogen-bond donors (Lipinski definition) is 3. The molecule has 6 rings (SSSR count). The number of amides is 2. The van der Waals surface area contributed by atoms with E-state index in [9.17, 15) is 24.6 Å². The number of nitrogens with one attached hydrogen (secondary N) is 1. The second-order valence-electron chi connectivity index (χ2n) is 11.1. The zero-order valence-corrected chi connectivity index (χ0v) is 25.3. The molecule has 0 unspecified atom stereocenters. The van der Waals surface area contributed by atoms with Crippen LogP contribution in [0.3, 0.4) is 0 Å². The van der Waals surface area contributed by atoms with Crippen LogP contribution in [-0.4, -0.2) is 79.1 Å². The summed E-state index contributed by atoms with van der Waals surface area (Å²) in [7, 11) is 3.08. The van der Waals surface area contributed by atoms with Gasteiger partial charge in [-0.15, -0.1) is 0 Å². The molecule has 0 radical (unpaired) electrons. The highest BCUT2D eigenvalue weighted by molar-refractivity contribution is 5.98. The predicted molar refractivity (Wildman–Crippen MR) is 168 cm³/mol. The zero-order chi connectivity index (χ0) is 32.4. The van der Waals surface area contributed by atoms with Crippen molar-refractivity contribution in [1.82, 2.24) is 10.2 Å². The molecule has 4 aromatic rings. The van der Waals surface area contributed by atoms with Crippen molar-refractivity contribution in [3.8, 4) is 17.2 Å². The number of ether oxygens (including phenoxy) is 3. The third kappa shape index (κ3) is 5.70. The lowest BCUT2D eigenvalue weighted by atomic mass is 9.77. The Balaban J connectivity index is 1.45. The molecule has 2 heterocycles. The minimum atomic E-state index is -1.28. The average Bonchev–Trinajstić information content (AvgIpc) is 3.47. The molecule has 0 spiro atoms. The van der Waals surface area contributed by atoms with Gasteiger partial charge in [-0.05, 0) is 54.5 Å². The van der Waals surface area contributed by atoms with Gasteiger partial charge in [-0.25, -0.2) is 4.79 Å². The van der Waals surface area contributed by atoms with E-state index in [4.69, 9.17) is 18.6 Å². The summed E-state index contributed by atoms with van der Waals surface area (Å²) in [6.45, 7) is -0.237. The topological polar surface area (TPSA) is 148 Å². The van der Waals surface area contributed by atoms with Crippen LogP contribution in [0.1, 0.15) is 27.4 Å². The van der Waals surface area contributed by atoms with Gasteiger partial charge in [-0.1, -0.05) is 36.4 Å². The standard InChI is InChI=1S/C35H34N2O9/c1-43-22-11-12-27(44-2)21(17-22)13-15-37(34(41)25-18-20-7-3-5-9-28(20)46-35(25)42)26-19-24(33(40)36-14-16-38)30-23-8-4-6-10-29(23)45-32(30)31(26)39/h3-12,17-19,26,30-32,38-39H,13-16H2,1-2H3,(H,36,40)/t26-,30+,31+,32+/m1/s1. The Labute approximate surface area is 264 Å². The molecule has 0 saturated carbocycles. The number of nitrogens with zero attached hydrogens (tertiary/aromatic N) is 1. The second kappa shape index (κ2) is 13.1. The maximum absolute atomic E-state index is 14.4. The fraction of sp³-hybridized carbons (Fsp3) is 0.286. The van der Waals surface area contributed by atoms with E-state index >= 15 is 0 Å². The van der Waals surface area contributed by atoms with Gasteiger partial charge < -0.3 is 39.1 Å². The average molecular weight is 627 g/mol. The summed E-state index contributed by atoms with van der Waals surface area (Å²) in [5, 5.41) is 24.5. The first kappa shape index (κ1) is 30.9. The number of para-hydroxylation sites is 2. The molecule has 2 aliphatic rings. The lowest BCUT2D eigenvalue weighted by Gasteiger charge is -2.40. The lowest BCUT2D eigenvalue weighted by molar-refractivity contribution is -0.118. The minimum Gasteiger partial charge on any atom is -0.497 e. The summed E-state index contributed by atoms with van der Waals surface area (Å²) >= 11 is 0.